The summed E-state index contributed by atoms with van der Waals surface area (Å²) in [5.74, 6) is -0.811. The Kier molecular flexibility index (Phi) is 7.18. The van der Waals surface area contributed by atoms with E-state index >= 15 is 0 Å². The minimum absolute atomic E-state index is 0.0326. The first-order valence-corrected chi connectivity index (χ1v) is 12.1. The van der Waals surface area contributed by atoms with E-state index in [1.54, 1.807) is 30.3 Å². The molecule has 0 amide bonds. The summed E-state index contributed by atoms with van der Waals surface area (Å²) in [6, 6.07) is 11.5. The number of rotatable bonds is 8. The van der Waals surface area contributed by atoms with Crippen molar-refractivity contribution in [3.05, 3.63) is 63.3 Å². The molecular weight excluding hydrogens is 472 g/mol. The zero-order valence-electron chi connectivity index (χ0n) is 16.7. The third-order valence-electron chi connectivity index (χ3n) is 5.40. The van der Waals surface area contributed by atoms with Crippen LogP contribution in [0.4, 0.5) is 5.69 Å². The van der Waals surface area contributed by atoms with Crippen LogP contribution in [-0.2, 0) is 14.8 Å². The highest BCUT2D eigenvalue weighted by Gasteiger charge is 2.37. The molecule has 0 aliphatic carbocycles. The standard InChI is InChI=1S/C21H25BrN2O5S/c1-23-18-9-6-5-8-16(18)21(24(27)13-7-3-2-4-10-20(25)26)17-12-11-15(22)14-19(17)30(23,28)29/h5-6,8-9,11-12,14,21,24H,2-4,7,10,13H2,1H3,(H,25,26). The van der Waals surface area contributed by atoms with Crippen LogP contribution in [0.15, 0.2) is 51.8 Å². The number of halogens is 1. The van der Waals surface area contributed by atoms with Crippen molar-refractivity contribution in [3.8, 4) is 0 Å². The number of carboxylic acids is 1. The van der Waals surface area contributed by atoms with Crippen LogP contribution in [0.2, 0.25) is 0 Å². The number of carbonyl (C=O) groups is 1. The summed E-state index contributed by atoms with van der Waals surface area (Å²) in [5, 5.41) is 22.0. The van der Waals surface area contributed by atoms with E-state index in [2.05, 4.69) is 15.9 Å². The van der Waals surface area contributed by atoms with Crippen molar-refractivity contribution in [1.82, 2.24) is 0 Å². The summed E-state index contributed by atoms with van der Waals surface area (Å²) in [4.78, 5) is 10.7. The number of unbranched alkanes of at least 4 members (excludes halogenated alkanes) is 3. The predicted octanol–water partition coefficient (Wildman–Crippen LogP) is 3.09. The molecule has 7 nitrogen and oxygen atoms in total. The first-order chi connectivity index (χ1) is 14.2. The van der Waals surface area contributed by atoms with Crippen molar-refractivity contribution < 1.29 is 23.4 Å². The van der Waals surface area contributed by atoms with Gasteiger partial charge in [-0.05, 0) is 37.5 Å². The SMILES string of the molecule is CN1c2ccccc2C([NH+]([O-])CCCCCCC(=O)O)c2ccc(Br)cc2S1(=O)=O. The molecule has 0 bridgehead atoms. The van der Waals surface area contributed by atoms with Gasteiger partial charge in [0.1, 0.15) is 6.04 Å². The van der Waals surface area contributed by atoms with E-state index in [0.29, 0.717) is 40.7 Å². The van der Waals surface area contributed by atoms with E-state index in [1.807, 2.05) is 12.1 Å². The molecule has 0 radical (unpaired) electrons. The Morgan fingerprint density at radius 3 is 2.57 bits per heavy atom. The van der Waals surface area contributed by atoms with Gasteiger partial charge in [0.15, 0.2) is 0 Å². The summed E-state index contributed by atoms with van der Waals surface area (Å²) in [5.41, 5.74) is 1.68. The molecule has 0 saturated carbocycles. The fraction of sp³-hybridized carbons (Fsp3) is 0.381. The highest BCUT2D eigenvalue weighted by molar-refractivity contribution is 9.10. The monoisotopic (exact) mass is 496 g/mol. The van der Waals surface area contributed by atoms with E-state index in [4.69, 9.17) is 5.11 Å². The topological polar surface area (TPSA) is 102 Å². The minimum Gasteiger partial charge on any atom is -0.634 e. The maximum atomic E-state index is 13.3. The van der Waals surface area contributed by atoms with Crippen LogP contribution >= 0.6 is 15.9 Å². The molecule has 0 fully saturated rings. The normalized spacial score (nSPS) is 18.2. The summed E-state index contributed by atoms with van der Waals surface area (Å²) in [7, 11) is -2.30. The van der Waals surface area contributed by atoms with Crippen LogP contribution in [-0.4, -0.2) is 33.1 Å². The predicted molar refractivity (Wildman–Crippen MR) is 118 cm³/mol. The number of hydrogen-bond donors (Lipinski definition) is 2. The highest BCUT2D eigenvalue weighted by atomic mass is 79.9. The van der Waals surface area contributed by atoms with E-state index in [0.717, 1.165) is 12.8 Å². The van der Waals surface area contributed by atoms with Crippen LogP contribution in [0.5, 0.6) is 0 Å². The number of hydroxylamine groups is 2. The van der Waals surface area contributed by atoms with Crippen LogP contribution in [0.3, 0.4) is 0 Å². The molecule has 9 heteroatoms. The number of sulfonamides is 1. The van der Waals surface area contributed by atoms with Gasteiger partial charge in [-0.25, -0.2) is 8.42 Å². The minimum atomic E-state index is -3.80. The number of fused-ring (bicyclic) bond motifs is 2. The Hall–Kier alpha value is -1.94. The number of nitrogens with zero attached hydrogens (tertiary/aromatic N) is 1. The Balaban J connectivity index is 1.92. The molecule has 2 aromatic carbocycles. The Morgan fingerprint density at radius 1 is 1.13 bits per heavy atom. The summed E-state index contributed by atoms with van der Waals surface area (Å²) < 4.78 is 28.4. The average Bonchev–Trinajstić information content (AvgIpc) is 2.77. The Labute approximate surface area is 185 Å². The van der Waals surface area contributed by atoms with Crippen LogP contribution in [0.25, 0.3) is 0 Å². The van der Waals surface area contributed by atoms with Crippen LogP contribution in [0, 0.1) is 5.21 Å². The van der Waals surface area contributed by atoms with Gasteiger partial charge in [0.05, 0.1) is 17.1 Å². The lowest BCUT2D eigenvalue weighted by Crippen LogP contribution is -3.07. The lowest BCUT2D eigenvalue weighted by molar-refractivity contribution is -0.875. The molecule has 1 aliphatic rings. The quantitative estimate of drug-likeness (QED) is 0.431. The van der Waals surface area contributed by atoms with E-state index < -0.39 is 22.0 Å². The highest BCUT2D eigenvalue weighted by Crippen LogP contribution is 2.39. The van der Waals surface area contributed by atoms with Gasteiger partial charge in [0.25, 0.3) is 10.0 Å². The summed E-state index contributed by atoms with van der Waals surface area (Å²) >= 11 is 3.35. The number of benzene rings is 2. The summed E-state index contributed by atoms with van der Waals surface area (Å²) in [6.07, 6.45) is 2.89. The van der Waals surface area contributed by atoms with Crippen molar-refractivity contribution in [2.24, 2.45) is 0 Å². The van der Waals surface area contributed by atoms with Gasteiger partial charge in [-0.2, -0.15) is 0 Å². The molecule has 0 saturated heterocycles. The molecular formula is C21H25BrN2O5S. The number of nitrogens with one attached hydrogen (secondary N) is 1. The molecule has 3 rings (SSSR count). The van der Waals surface area contributed by atoms with Crippen LogP contribution < -0.4 is 9.37 Å². The first-order valence-electron chi connectivity index (χ1n) is 9.85. The van der Waals surface area contributed by atoms with Crippen molar-refractivity contribution in [1.29, 1.82) is 0 Å². The van der Waals surface area contributed by atoms with Gasteiger partial charge in [-0.15, -0.1) is 0 Å². The number of para-hydroxylation sites is 1. The lowest BCUT2D eigenvalue weighted by Gasteiger charge is -2.32. The van der Waals surface area contributed by atoms with E-state index in [1.165, 1.54) is 11.4 Å². The van der Waals surface area contributed by atoms with Gasteiger partial charge < -0.3 is 15.4 Å². The zero-order chi connectivity index (χ0) is 21.9. The van der Waals surface area contributed by atoms with Gasteiger partial charge in [-0.1, -0.05) is 46.6 Å². The Bertz CT molecular complexity index is 1030. The summed E-state index contributed by atoms with van der Waals surface area (Å²) in [6.45, 7) is 0.311. The molecule has 0 spiro atoms. The van der Waals surface area contributed by atoms with Gasteiger partial charge in [0.2, 0.25) is 0 Å². The first kappa shape index (κ1) is 22.7. The fourth-order valence-electron chi connectivity index (χ4n) is 3.85. The third kappa shape index (κ3) is 4.69. The fourth-order valence-corrected chi connectivity index (χ4v) is 5.85. The molecule has 1 heterocycles. The largest absolute Gasteiger partial charge is 0.634 e. The van der Waals surface area contributed by atoms with Crippen molar-refractivity contribution in [2.75, 3.05) is 17.9 Å². The van der Waals surface area contributed by atoms with E-state index in [9.17, 15) is 18.4 Å². The second-order valence-corrected chi connectivity index (χ2v) is 10.3. The Morgan fingerprint density at radius 2 is 1.83 bits per heavy atom. The lowest BCUT2D eigenvalue weighted by atomic mass is 9.96. The molecule has 2 atom stereocenters. The third-order valence-corrected chi connectivity index (χ3v) is 7.72. The van der Waals surface area contributed by atoms with E-state index in [-0.39, 0.29) is 16.4 Å². The molecule has 2 N–H and O–H groups in total. The van der Waals surface area contributed by atoms with Crippen LogP contribution in [0.1, 0.15) is 49.3 Å². The smallest absolute Gasteiger partial charge is 0.303 e. The second-order valence-electron chi connectivity index (χ2n) is 7.42. The zero-order valence-corrected chi connectivity index (χ0v) is 19.1. The van der Waals surface area contributed by atoms with Gasteiger partial charge in [0, 0.05) is 29.1 Å². The number of carboxylic acid groups (broad SMARTS) is 1. The maximum Gasteiger partial charge on any atom is 0.303 e. The van der Waals surface area contributed by atoms with Crippen molar-refractivity contribution in [2.45, 2.75) is 43.0 Å². The van der Waals surface area contributed by atoms with Crippen molar-refractivity contribution in [3.63, 3.8) is 0 Å². The number of hydrogen-bond acceptors (Lipinski definition) is 4. The molecule has 2 aromatic rings. The number of anilines is 1. The molecule has 2 unspecified atom stereocenters. The molecule has 162 valence electrons. The van der Waals surface area contributed by atoms with Gasteiger partial charge in [-0.3, -0.25) is 9.10 Å². The molecule has 0 aromatic heterocycles. The van der Waals surface area contributed by atoms with Crippen molar-refractivity contribution >= 4 is 37.6 Å². The molecule has 30 heavy (non-hydrogen) atoms. The maximum absolute atomic E-state index is 13.3. The van der Waals surface area contributed by atoms with Gasteiger partial charge >= 0.3 is 5.97 Å². The molecule has 1 aliphatic heterocycles. The number of aliphatic carboxylic acids is 1. The average molecular weight is 497 g/mol. The second kappa shape index (κ2) is 9.47. The number of quaternary nitrogens is 1.